The largest absolute Gasteiger partial charge is 0.355 e. The molecule has 2 atom stereocenters. The smallest absolute Gasteiger partial charge is 0.193 e. The van der Waals surface area contributed by atoms with E-state index in [2.05, 4.69) is 44.0 Å². The SMILES string of the molecule is CN=C(NCC1CN(C)CCN1C)N1CCC(CN2CCCC2)C1. The fraction of sp³-hybridized carbons (Fsp3) is 0.944. The Morgan fingerprint density at radius 3 is 2.58 bits per heavy atom. The molecule has 0 bridgehead atoms. The molecule has 0 saturated carbocycles. The van der Waals surface area contributed by atoms with Gasteiger partial charge in [0.25, 0.3) is 0 Å². The Morgan fingerprint density at radius 2 is 1.83 bits per heavy atom. The number of nitrogens with zero attached hydrogens (tertiary/aromatic N) is 5. The fourth-order valence-electron chi connectivity index (χ4n) is 4.37. The summed E-state index contributed by atoms with van der Waals surface area (Å²) < 4.78 is 0. The van der Waals surface area contributed by atoms with E-state index in [4.69, 9.17) is 0 Å². The number of piperazine rings is 1. The summed E-state index contributed by atoms with van der Waals surface area (Å²) in [6, 6.07) is 0.573. The van der Waals surface area contributed by atoms with Gasteiger partial charge >= 0.3 is 0 Å². The molecule has 0 aromatic carbocycles. The molecule has 0 aromatic heterocycles. The van der Waals surface area contributed by atoms with Crippen molar-refractivity contribution in [1.82, 2.24) is 24.9 Å². The third-order valence-corrected chi connectivity index (χ3v) is 5.99. The van der Waals surface area contributed by atoms with Gasteiger partial charge < -0.3 is 20.0 Å². The van der Waals surface area contributed by atoms with Crippen LogP contribution in [0.4, 0.5) is 0 Å². The van der Waals surface area contributed by atoms with E-state index in [1.54, 1.807) is 0 Å². The molecule has 24 heavy (non-hydrogen) atoms. The highest BCUT2D eigenvalue weighted by Crippen LogP contribution is 2.20. The van der Waals surface area contributed by atoms with E-state index in [1.807, 2.05) is 7.05 Å². The first-order valence-corrected chi connectivity index (χ1v) is 9.72. The van der Waals surface area contributed by atoms with E-state index in [0.29, 0.717) is 6.04 Å². The highest BCUT2D eigenvalue weighted by atomic mass is 15.3. The topological polar surface area (TPSA) is 37.4 Å². The molecule has 3 saturated heterocycles. The number of aliphatic imine (C=N–C) groups is 1. The predicted octanol–water partition coefficient (Wildman–Crippen LogP) is 0.225. The van der Waals surface area contributed by atoms with Gasteiger partial charge in [0, 0.05) is 58.9 Å². The molecule has 0 amide bonds. The molecule has 3 rings (SSSR count). The van der Waals surface area contributed by atoms with Crippen molar-refractivity contribution < 1.29 is 0 Å². The van der Waals surface area contributed by atoms with Gasteiger partial charge in [-0.3, -0.25) is 9.89 Å². The van der Waals surface area contributed by atoms with Gasteiger partial charge in [-0.15, -0.1) is 0 Å². The van der Waals surface area contributed by atoms with Gasteiger partial charge in [-0.2, -0.15) is 0 Å². The molecule has 138 valence electrons. The van der Waals surface area contributed by atoms with Crippen LogP contribution in [-0.2, 0) is 0 Å². The van der Waals surface area contributed by atoms with Crippen molar-refractivity contribution in [2.24, 2.45) is 10.9 Å². The standard InChI is InChI=1S/C18H36N6/c1-19-18(20-12-17-15-21(2)10-11-22(17)3)24-9-6-16(14-24)13-23-7-4-5-8-23/h16-17H,4-15H2,1-3H3,(H,19,20). The van der Waals surface area contributed by atoms with Gasteiger partial charge in [0.1, 0.15) is 0 Å². The third-order valence-electron chi connectivity index (χ3n) is 5.99. The van der Waals surface area contributed by atoms with E-state index in [-0.39, 0.29) is 0 Å². The zero-order chi connectivity index (χ0) is 16.9. The first kappa shape index (κ1) is 18.0. The number of likely N-dealkylation sites (N-methyl/N-ethyl adjacent to an activating group) is 2. The molecule has 3 heterocycles. The van der Waals surface area contributed by atoms with Crippen LogP contribution in [0.2, 0.25) is 0 Å². The number of nitrogens with one attached hydrogen (secondary N) is 1. The van der Waals surface area contributed by atoms with Crippen LogP contribution in [0.15, 0.2) is 4.99 Å². The first-order valence-electron chi connectivity index (χ1n) is 9.72. The van der Waals surface area contributed by atoms with Crippen molar-refractivity contribution in [3.63, 3.8) is 0 Å². The maximum Gasteiger partial charge on any atom is 0.193 e. The van der Waals surface area contributed by atoms with E-state index in [1.165, 1.54) is 45.4 Å². The quantitative estimate of drug-likeness (QED) is 0.587. The summed E-state index contributed by atoms with van der Waals surface area (Å²) in [5.74, 6) is 1.91. The lowest BCUT2D eigenvalue weighted by Gasteiger charge is -2.38. The van der Waals surface area contributed by atoms with E-state index in [0.717, 1.165) is 44.6 Å². The van der Waals surface area contributed by atoms with Crippen LogP contribution >= 0.6 is 0 Å². The van der Waals surface area contributed by atoms with Crippen LogP contribution < -0.4 is 5.32 Å². The Labute approximate surface area is 147 Å². The van der Waals surface area contributed by atoms with Gasteiger partial charge in [-0.25, -0.2) is 0 Å². The first-order chi connectivity index (χ1) is 11.7. The maximum absolute atomic E-state index is 4.55. The molecule has 6 heteroatoms. The Hall–Kier alpha value is -0.850. The summed E-state index contributed by atoms with van der Waals surface area (Å²) in [6.45, 7) is 10.7. The summed E-state index contributed by atoms with van der Waals surface area (Å²) in [5.41, 5.74) is 0. The van der Waals surface area contributed by atoms with Crippen molar-refractivity contribution in [1.29, 1.82) is 0 Å². The Morgan fingerprint density at radius 1 is 1.04 bits per heavy atom. The van der Waals surface area contributed by atoms with E-state index < -0.39 is 0 Å². The average Bonchev–Trinajstić information content (AvgIpc) is 3.24. The second-order valence-electron chi connectivity index (χ2n) is 7.93. The number of hydrogen-bond acceptors (Lipinski definition) is 4. The van der Waals surface area contributed by atoms with Crippen LogP contribution in [0.25, 0.3) is 0 Å². The maximum atomic E-state index is 4.55. The fourth-order valence-corrected chi connectivity index (χ4v) is 4.37. The average molecular weight is 337 g/mol. The van der Waals surface area contributed by atoms with Crippen molar-refractivity contribution in [2.75, 3.05) is 80.0 Å². The van der Waals surface area contributed by atoms with Gasteiger partial charge in [0.15, 0.2) is 5.96 Å². The van der Waals surface area contributed by atoms with Crippen LogP contribution in [-0.4, -0.2) is 112 Å². The summed E-state index contributed by atoms with van der Waals surface area (Å²) in [6.07, 6.45) is 4.09. The molecule has 6 nitrogen and oxygen atoms in total. The van der Waals surface area contributed by atoms with Crippen LogP contribution in [0.5, 0.6) is 0 Å². The lowest BCUT2D eigenvalue weighted by atomic mass is 10.1. The molecule has 3 fully saturated rings. The minimum Gasteiger partial charge on any atom is -0.355 e. The highest BCUT2D eigenvalue weighted by Gasteiger charge is 2.28. The molecule has 0 spiro atoms. The Balaban J connectivity index is 1.44. The normalized spacial score (nSPS) is 31.1. The zero-order valence-corrected chi connectivity index (χ0v) is 15.9. The lowest BCUT2D eigenvalue weighted by molar-refractivity contribution is 0.116. The summed E-state index contributed by atoms with van der Waals surface area (Å²) in [7, 11) is 6.38. The summed E-state index contributed by atoms with van der Waals surface area (Å²) in [5, 5.41) is 3.64. The Bertz CT molecular complexity index is 420. The lowest BCUT2D eigenvalue weighted by Crippen LogP contribution is -2.55. The number of rotatable bonds is 4. The molecule has 3 aliphatic rings. The summed E-state index contributed by atoms with van der Waals surface area (Å²) >= 11 is 0. The van der Waals surface area contributed by atoms with Gasteiger partial charge in [0.05, 0.1) is 0 Å². The minimum absolute atomic E-state index is 0.573. The highest BCUT2D eigenvalue weighted by molar-refractivity contribution is 5.80. The van der Waals surface area contributed by atoms with Crippen molar-refractivity contribution in [3.05, 3.63) is 0 Å². The van der Waals surface area contributed by atoms with Crippen LogP contribution in [0.3, 0.4) is 0 Å². The van der Waals surface area contributed by atoms with E-state index >= 15 is 0 Å². The molecule has 0 aliphatic carbocycles. The minimum atomic E-state index is 0.573. The molecule has 3 aliphatic heterocycles. The second kappa shape index (κ2) is 8.50. The Kier molecular flexibility index (Phi) is 6.36. The molecular weight excluding hydrogens is 300 g/mol. The summed E-state index contributed by atoms with van der Waals surface area (Å²) in [4.78, 5) is 14.6. The molecular formula is C18H36N6. The van der Waals surface area contributed by atoms with Gasteiger partial charge in [-0.05, 0) is 52.4 Å². The number of guanidine groups is 1. The molecule has 0 radical (unpaired) electrons. The number of likely N-dealkylation sites (tertiary alicyclic amines) is 2. The second-order valence-corrected chi connectivity index (χ2v) is 7.93. The van der Waals surface area contributed by atoms with E-state index in [9.17, 15) is 0 Å². The third kappa shape index (κ3) is 4.61. The molecule has 0 aromatic rings. The number of hydrogen-bond donors (Lipinski definition) is 1. The van der Waals surface area contributed by atoms with Gasteiger partial charge in [0.2, 0.25) is 0 Å². The van der Waals surface area contributed by atoms with Gasteiger partial charge in [-0.1, -0.05) is 0 Å². The molecule has 1 N–H and O–H groups in total. The zero-order valence-electron chi connectivity index (χ0n) is 15.9. The van der Waals surface area contributed by atoms with Crippen LogP contribution in [0.1, 0.15) is 19.3 Å². The predicted molar refractivity (Wildman–Crippen MR) is 101 cm³/mol. The monoisotopic (exact) mass is 336 g/mol. The van der Waals surface area contributed by atoms with Crippen LogP contribution in [0, 0.1) is 5.92 Å². The van der Waals surface area contributed by atoms with Crippen molar-refractivity contribution in [2.45, 2.75) is 25.3 Å². The van der Waals surface area contributed by atoms with Crippen molar-refractivity contribution >= 4 is 5.96 Å². The molecule has 2 unspecified atom stereocenters. The van der Waals surface area contributed by atoms with Crippen molar-refractivity contribution in [3.8, 4) is 0 Å².